The number of Topliss-reactive ketones (excluding diaryl/α,β-unsaturated/α-hetero) is 1. The Morgan fingerprint density at radius 2 is 1.17 bits per heavy atom. The molecule has 1 saturated heterocycles. The lowest BCUT2D eigenvalue weighted by molar-refractivity contribution is -0.131. The molecule has 1 aromatic carbocycles. The summed E-state index contributed by atoms with van der Waals surface area (Å²) in [5.74, 6) is 0.717. The van der Waals surface area contributed by atoms with Crippen molar-refractivity contribution in [2.24, 2.45) is 0 Å². The fourth-order valence-electron chi connectivity index (χ4n) is 4.88. The number of carbonyl (C=O) groups is 1. The molecule has 30 heavy (non-hydrogen) atoms. The lowest BCUT2D eigenvalue weighted by atomic mass is 9.79. The minimum atomic E-state index is 0.0266. The number of likely N-dealkylation sites (N-methyl/N-ethyl adjacent to an activating group) is 1. The summed E-state index contributed by atoms with van der Waals surface area (Å²) >= 11 is 0. The van der Waals surface area contributed by atoms with E-state index in [0.717, 1.165) is 6.42 Å². The summed E-state index contributed by atoms with van der Waals surface area (Å²) in [6.45, 7) is 17.6. The summed E-state index contributed by atoms with van der Waals surface area (Å²) in [6, 6.07) is 7.51. The van der Waals surface area contributed by atoms with Gasteiger partial charge in [0, 0.05) is 35.0 Å². The number of rotatable bonds is 1. The van der Waals surface area contributed by atoms with Gasteiger partial charge in [-0.1, -0.05) is 18.2 Å². The third kappa shape index (κ3) is 5.33. The van der Waals surface area contributed by atoms with Crippen LogP contribution in [0.2, 0.25) is 0 Å². The molecule has 3 rings (SSSR count). The van der Waals surface area contributed by atoms with E-state index < -0.39 is 0 Å². The number of ketones is 1. The molecule has 0 amide bonds. The van der Waals surface area contributed by atoms with Crippen LogP contribution in [0.5, 0.6) is 5.75 Å². The number of phenolic OH excluding ortho intramolecular Hbond substituents is 1. The van der Waals surface area contributed by atoms with Crippen LogP contribution in [-0.4, -0.2) is 56.9 Å². The second kappa shape index (κ2) is 8.12. The van der Waals surface area contributed by atoms with Crippen LogP contribution >= 0.6 is 0 Å². The molecule has 0 radical (unpaired) electrons. The van der Waals surface area contributed by atoms with Gasteiger partial charge >= 0.3 is 0 Å². The van der Waals surface area contributed by atoms with Crippen LogP contribution in [0.15, 0.2) is 30.3 Å². The van der Waals surface area contributed by atoms with Crippen molar-refractivity contribution in [2.45, 2.75) is 96.8 Å². The molecule has 4 nitrogen and oxygen atoms in total. The molecular formula is C26H42N2O2. The van der Waals surface area contributed by atoms with Gasteiger partial charge in [-0.2, -0.15) is 0 Å². The van der Waals surface area contributed by atoms with Crippen molar-refractivity contribution >= 4 is 11.4 Å². The van der Waals surface area contributed by atoms with Crippen LogP contribution in [0.1, 0.15) is 80.2 Å². The Bertz CT molecular complexity index is 781. The first-order chi connectivity index (χ1) is 13.5. The van der Waals surface area contributed by atoms with Gasteiger partial charge in [-0.3, -0.25) is 14.6 Å². The molecule has 0 aromatic heterocycles. The van der Waals surface area contributed by atoms with Crippen molar-refractivity contribution < 1.29 is 9.90 Å². The van der Waals surface area contributed by atoms with Gasteiger partial charge in [0.2, 0.25) is 0 Å². The molecule has 0 bridgehead atoms. The zero-order valence-corrected chi connectivity index (χ0v) is 20.8. The summed E-state index contributed by atoms with van der Waals surface area (Å²) in [7, 11) is 4.29. The van der Waals surface area contributed by atoms with Gasteiger partial charge in [-0.15, -0.1) is 0 Å². The van der Waals surface area contributed by atoms with E-state index in [-0.39, 0.29) is 22.2 Å². The van der Waals surface area contributed by atoms with E-state index in [1.54, 1.807) is 12.1 Å². The Kier molecular flexibility index (Phi) is 6.67. The molecule has 1 N–H and O–H groups in total. The van der Waals surface area contributed by atoms with Crippen molar-refractivity contribution in [1.29, 1.82) is 0 Å². The Morgan fingerprint density at radius 1 is 0.733 bits per heavy atom. The standard InChI is InChI=1S/C16H23NO.C10H19NO/c1-15(2)10-13(11-16(3,4)17(15)5)12-6-8-14(18)9-7-12;1-9(2)6-8(12)7-10(3,4)11(9)5/h6-10,18H,11H2,1-5H3;6-7H2,1-5H3. The Labute approximate surface area is 184 Å². The normalized spacial score (nSPS) is 25.1. The molecule has 4 heteroatoms. The third-order valence-electron chi connectivity index (χ3n) is 7.24. The van der Waals surface area contributed by atoms with E-state index in [4.69, 9.17) is 0 Å². The number of aromatic hydroxyl groups is 1. The lowest BCUT2D eigenvalue weighted by Crippen LogP contribution is -2.58. The number of nitrogens with zero attached hydrogens (tertiary/aromatic N) is 2. The summed E-state index contributed by atoms with van der Waals surface area (Å²) in [6.07, 6.45) is 4.74. The van der Waals surface area contributed by atoms with Crippen molar-refractivity contribution in [3.05, 3.63) is 35.9 Å². The molecule has 1 fully saturated rings. The highest BCUT2D eigenvalue weighted by molar-refractivity contribution is 5.81. The second-order valence-corrected chi connectivity index (χ2v) is 11.5. The van der Waals surface area contributed by atoms with Crippen LogP contribution in [0, 0.1) is 0 Å². The van der Waals surface area contributed by atoms with Crippen LogP contribution in [-0.2, 0) is 4.79 Å². The van der Waals surface area contributed by atoms with Crippen LogP contribution < -0.4 is 0 Å². The first-order valence-corrected chi connectivity index (χ1v) is 11.0. The summed E-state index contributed by atoms with van der Waals surface area (Å²) in [5, 5.41) is 9.37. The SMILES string of the molecule is CN1C(C)(C)C=C(c2ccc(O)cc2)CC1(C)C.CN1C(C)(C)CC(=O)CC1(C)C. The van der Waals surface area contributed by atoms with E-state index in [2.05, 4.69) is 85.4 Å². The van der Waals surface area contributed by atoms with Crippen molar-refractivity contribution in [3.8, 4) is 5.75 Å². The van der Waals surface area contributed by atoms with Gasteiger partial charge in [0.05, 0.1) is 0 Å². The Balaban J connectivity index is 0.000000232. The molecule has 0 unspecified atom stereocenters. The van der Waals surface area contributed by atoms with Gasteiger partial charge in [0.15, 0.2) is 0 Å². The van der Waals surface area contributed by atoms with Crippen LogP contribution in [0.4, 0.5) is 0 Å². The predicted octanol–water partition coefficient (Wildman–Crippen LogP) is 5.51. The van der Waals surface area contributed by atoms with E-state index in [1.165, 1.54) is 11.1 Å². The minimum Gasteiger partial charge on any atom is -0.508 e. The maximum Gasteiger partial charge on any atom is 0.136 e. The highest BCUT2D eigenvalue weighted by Crippen LogP contribution is 2.40. The number of likely N-dealkylation sites (tertiary alicyclic amines) is 1. The molecule has 1 aromatic rings. The number of benzene rings is 1. The number of hydrogen-bond acceptors (Lipinski definition) is 4. The number of piperidine rings is 1. The Morgan fingerprint density at radius 3 is 1.60 bits per heavy atom. The van der Waals surface area contributed by atoms with Gasteiger partial charge in [-0.25, -0.2) is 0 Å². The van der Waals surface area contributed by atoms with E-state index >= 15 is 0 Å². The van der Waals surface area contributed by atoms with E-state index in [0.29, 0.717) is 24.4 Å². The summed E-state index contributed by atoms with van der Waals surface area (Å²) in [5.41, 5.74) is 2.82. The highest BCUT2D eigenvalue weighted by atomic mass is 16.3. The van der Waals surface area contributed by atoms with Crippen LogP contribution in [0.25, 0.3) is 5.57 Å². The first-order valence-electron chi connectivity index (χ1n) is 11.0. The van der Waals surface area contributed by atoms with Gasteiger partial charge in [0.25, 0.3) is 0 Å². The maximum absolute atomic E-state index is 11.4. The highest BCUT2D eigenvalue weighted by Gasteiger charge is 2.42. The molecule has 0 saturated carbocycles. The summed E-state index contributed by atoms with van der Waals surface area (Å²) in [4.78, 5) is 16.1. The third-order valence-corrected chi connectivity index (χ3v) is 7.24. The van der Waals surface area contributed by atoms with Crippen molar-refractivity contribution in [3.63, 3.8) is 0 Å². The lowest BCUT2D eigenvalue weighted by Gasteiger charge is -2.50. The zero-order chi connectivity index (χ0) is 23.1. The minimum absolute atomic E-state index is 0.0266. The van der Waals surface area contributed by atoms with Crippen LogP contribution in [0.3, 0.4) is 0 Å². The number of phenols is 1. The summed E-state index contributed by atoms with van der Waals surface area (Å²) < 4.78 is 0. The van der Waals surface area contributed by atoms with E-state index in [9.17, 15) is 9.90 Å². The molecule has 0 spiro atoms. The monoisotopic (exact) mass is 414 g/mol. The quantitative estimate of drug-likeness (QED) is 0.658. The largest absolute Gasteiger partial charge is 0.508 e. The van der Waals surface area contributed by atoms with E-state index in [1.807, 2.05) is 12.1 Å². The van der Waals surface area contributed by atoms with Gasteiger partial charge < -0.3 is 5.11 Å². The number of hydrogen-bond donors (Lipinski definition) is 1. The fraction of sp³-hybridized carbons (Fsp3) is 0.654. The molecule has 2 aliphatic heterocycles. The Hall–Kier alpha value is -1.65. The van der Waals surface area contributed by atoms with Gasteiger partial charge in [-0.05, 0) is 99.2 Å². The fourth-order valence-corrected chi connectivity index (χ4v) is 4.88. The van der Waals surface area contributed by atoms with Crippen molar-refractivity contribution in [2.75, 3.05) is 14.1 Å². The average molecular weight is 415 g/mol. The average Bonchev–Trinajstić information content (AvgIpc) is 2.57. The molecule has 168 valence electrons. The molecule has 0 aliphatic carbocycles. The smallest absolute Gasteiger partial charge is 0.136 e. The molecule has 0 atom stereocenters. The predicted molar refractivity (Wildman–Crippen MR) is 127 cm³/mol. The van der Waals surface area contributed by atoms with Crippen molar-refractivity contribution in [1.82, 2.24) is 9.80 Å². The molecular weight excluding hydrogens is 372 g/mol. The topological polar surface area (TPSA) is 43.8 Å². The second-order valence-electron chi connectivity index (χ2n) is 11.5. The zero-order valence-electron chi connectivity index (χ0n) is 20.8. The number of carbonyl (C=O) groups excluding carboxylic acids is 1. The van der Waals surface area contributed by atoms with Gasteiger partial charge in [0.1, 0.15) is 11.5 Å². The maximum atomic E-state index is 11.4. The first kappa shape index (κ1) is 24.6. The molecule has 2 aliphatic rings. The molecule has 2 heterocycles.